The minimum absolute atomic E-state index is 0.284. The zero-order valence-corrected chi connectivity index (χ0v) is 5.80. The van der Waals surface area contributed by atoms with Crippen molar-refractivity contribution < 1.29 is 14.5 Å². The Bertz CT molecular complexity index is 139. The zero-order valence-electron chi connectivity index (χ0n) is 5.80. The molecule has 3 nitrogen and oxygen atoms in total. The largest absolute Gasteiger partial charge is 0.462 e. The topological polar surface area (TPSA) is 27.7 Å². The summed E-state index contributed by atoms with van der Waals surface area (Å²) in [6, 6.07) is 0. The molecule has 1 unspecified atom stereocenters. The van der Waals surface area contributed by atoms with Gasteiger partial charge in [-0.05, 0) is 6.92 Å². The SMILES string of the molecule is CC1=C(C)OC(C)OO1. The van der Waals surface area contributed by atoms with Crippen LogP contribution in [0, 0.1) is 0 Å². The van der Waals surface area contributed by atoms with Gasteiger partial charge in [0.15, 0.2) is 5.76 Å². The van der Waals surface area contributed by atoms with Gasteiger partial charge in [0, 0.05) is 13.8 Å². The second-order valence-electron chi connectivity index (χ2n) is 1.98. The Morgan fingerprint density at radius 2 is 1.89 bits per heavy atom. The average molecular weight is 130 g/mol. The Kier molecular flexibility index (Phi) is 1.62. The Balaban J connectivity index is 2.61. The molecule has 0 spiro atoms. The number of hydrogen-bond acceptors (Lipinski definition) is 3. The number of rotatable bonds is 0. The van der Waals surface area contributed by atoms with Gasteiger partial charge in [0.1, 0.15) is 5.76 Å². The third-order valence-corrected chi connectivity index (χ3v) is 1.15. The van der Waals surface area contributed by atoms with Gasteiger partial charge in [-0.1, -0.05) is 0 Å². The molecule has 1 aliphatic heterocycles. The van der Waals surface area contributed by atoms with E-state index in [-0.39, 0.29) is 6.29 Å². The van der Waals surface area contributed by atoms with E-state index in [0.29, 0.717) is 5.76 Å². The smallest absolute Gasteiger partial charge is 0.239 e. The molecule has 0 amide bonds. The van der Waals surface area contributed by atoms with E-state index in [1.54, 1.807) is 13.8 Å². The zero-order chi connectivity index (χ0) is 6.85. The van der Waals surface area contributed by atoms with Crippen LogP contribution in [0.3, 0.4) is 0 Å². The van der Waals surface area contributed by atoms with Crippen LogP contribution in [-0.2, 0) is 14.5 Å². The average Bonchev–Trinajstić information content (AvgIpc) is 1.80. The highest BCUT2D eigenvalue weighted by molar-refractivity contribution is 4.95. The fraction of sp³-hybridized carbons (Fsp3) is 0.667. The van der Waals surface area contributed by atoms with Gasteiger partial charge < -0.3 is 9.62 Å². The Morgan fingerprint density at radius 3 is 2.33 bits per heavy atom. The first-order valence-corrected chi connectivity index (χ1v) is 2.87. The van der Waals surface area contributed by atoms with Crippen LogP contribution in [0.4, 0.5) is 0 Å². The molecule has 0 fully saturated rings. The van der Waals surface area contributed by atoms with Crippen LogP contribution < -0.4 is 0 Å². The molecule has 0 aromatic carbocycles. The Morgan fingerprint density at radius 1 is 1.22 bits per heavy atom. The van der Waals surface area contributed by atoms with Crippen molar-refractivity contribution in [1.82, 2.24) is 0 Å². The summed E-state index contributed by atoms with van der Waals surface area (Å²) < 4.78 is 5.13. The maximum atomic E-state index is 5.13. The molecule has 1 rings (SSSR count). The second kappa shape index (κ2) is 2.27. The van der Waals surface area contributed by atoms with Crippen molar-refractivity contribution in [2.24, 2.45) is 0 Å². The highest BCUT2D eigenvalue weighted by atomic mass is 17.2. The quantitative estimate of drug-likeness (QED) is 0.466. The second-order valence-corrected chi connectivity index (χ2v) is 1.98. The molecular formula is C6H10O3. The Labute approximate surface area is 54.1 Å². The highest BCUT2D eigenvalue weighted by Gasteiger charge is 2.14. The molecule has 0 saturated carbocycles. The van der Waals surface area contributed by atoms with Crippen molar-refractivity contribution in [3.05, 3.63) is 11.5 Å². The molecule has 9 heavy (non-hydrogen) atoms. The molecule has 1 heterocycles. The molecule has 1 atom stereocenters. The van der Waals surface area contributed by atoms with Crippen LogP contribution >= 0.6 is 0 Å². The molecule has 0 aromatic rings. The highest BCUT2D eigenvalue weighted by Crippen LogP contribution is 2.16. The van der Waals surface area contributed by atoms with Crippen molar-refractivity contribution in [3.63, 3.8) is 0 Å². The van der Waals surface area contributed by atoms with Gasteiger partial charge in [0.25, 0.3) is 0 Å². The van der Waals surface area contributed by atoms with Gasteiger partial charge in [-0.15, -0.1) is 4.89 Å². The van der Waals surface area contributed by atoms with Crippen molar-refractivity contribution in [3.8, 4) is 0 Å². The molecular weight excluding hydrogens is 120 g/mol. The fourth-order valence-electron chi connectivity index (χ4n) is 0.550. The van der Waals surface area contributed by atoms with Crippen LogP contribution in [0.5, 0.6) is 0 Å². The summed E-state index contributed by atoms with van der Waals surface area (Å²) in [7, 11) is 0. The van der Waals surface area contributed by atoms with Crippen LogP contribution in [0.2, 0.25) is 0 Å². The number of allylic oxidation sites excluding steroid dienone is 2. The van der Waals surface area contributed by atoms with Crippen LogP contribution in [0.1, 0.15) is 20.8 Å². The minimum Gasteiger partial charge on any atom is -0.462 e. The van der Waals surface area contributed by atoms with Gasteiger partial charge in [-0.3, -0.25) is 0 Å². The van der Waals surface area contributed by atoms with Crippen molar-refractivity contribution in [2.75, 3.05) is 0 Å². The summed E-state index contributed by atoms with van der Waals surface area (Å²) >= 11 is 0. The van der Waals surface area contributed by atoms with Gasteiger partial charge in [0.2, 0.25) is 6.29 Å². The molecule has 0 aromatic heterocycles. The molecule has 0 radical (unpaired) electrons. The van der Waals surface area contributed by atoms with E-state index in [2.05, 4.69) is 4.89 Å². The lowest BCUT2D eigenvalue weighted by Crippen LogP contribution is -2.17. The van der Waals surface area contributed by atoms with Gasteiger partial charge in [0.05, 0.1) is 0 Å². The van der Waals surface area contributed by atoms with E-state index >= 15 is 0 Å². The molecule has 52 valence electrons. The minimum atomic E-state index is -0.284. The summed E-state index contributed by atoms with van der Waals surface area (Å²) in [4.78, 5) is 9.44. The van der Waals surface area contributed by atoms with Crippen LogP contribution in [0.15, 0.2) is 11.5 Å². The predicted molar refractivity (Wildman–Crippen MR) is 31.1 cm³/mol. The first-order valence-electron chi connectivity index (χ1n) is 2.87. The van der Waals surface area contributed by atoms with Gasteiger partial charge in [-0.25, -0.2) is 0 Å². The fourth-order valence-corrected chi connectivity index (χ4v) is 0.550. The molecule has 0 saturated heterocycles. The third-order valence-electron chi connectivity index (χ3n) is 1.15. The number of ether oxygens (including phenoxy) is 1. The summed E-state index contributed by atoms with van der Waals surface area (Å²) in [5.41, 5.74) is 0. The van der Waals surface area contributed by atoms with Gasteiger partial charge in [-0.2, -0.15) is 0 Å². The lowest BCUT2D eigenvalue weighted by Gasteiger charge is -2.21. The van der Waals surface area contributed by atoms with Crippen molar-refractivity contribution in [1.29, 1.82) is 0 Å². The standard InChI is InChI=1S/C6H10O3/c1-4-5(2)8-9-6(3)7-4/h6H,1-3H3. The van der Waals surface area contributed by atoms with Crippen LogP contribution in [0.25, 0.3) is 0 Å². The predicted octanol–water partition coefficient (Wildman–Crippen LogP) is 1.56. The van der Waals surface area contributed by atoms with Crippen molar-refractivity contribution >= 4 is 0 Å². The van der Waals surface area contributed by atoms with E-state index in [4.69, 9.17) is 9.62 Å². The van der Waals surface area contributed by atoms with E-state index < -0.39 is 0 Å². The lowest BCUT2D eigenvalue weighted by molar-refractivity contribution is -0.364. The van der Waals surface area contributed by atoms with Crippen LogP contribution in [-0.4, -0.2) is 6.29 Å². The molecule has 0 bridgehead atoms. The van der Waals surface area contributed by atoms with E-state index in [1.165, 1.54) is 0 Å². The summed E-state index contributed by atoms with van der Waals surface area (Å²) in [5.74, 6) is 1.47. The third kappa shape index (κ3) is 1.36. The Hall–Kier alpha value is -0.700. The molecule has 1 aliphatic rings. The summed E-state index contributed by atoms with van der Waals surface area (Å²) in [6.45, 7) is 5.41. The molecule has 3 heteroatoms. The van der Waals surface area contributed by atoms with Gasteiger partial charge >= 0.3 is 0 Å². The molecule has 0 aliphatic carbocycles. The summed E-state index contributed by atoms with van der Waals surface area (Å²) in [5, 5.41) is 0. The van der Waals surface area contributed by atoms with E-state index in [0.717, 1.165) is 5.76 Å². The van der Waals surface area contributed by atoms with Crippen molar-refractivity contribution in [2.45, 2.75) is 27.1 Å². The van der Waals surface area contributed by atoms with E-state index in [9.17, 15) is 0 Å². The normalized spacial score (nSPS) is 27.2. The monoisotopic (exact) mass is 130 g/mol. The van der Waals surface area contributed by atoms with E-state index in [1.807, 2.05) is 6.92 Å². The maximum Gasteiger partial charge on any atom is 0.239 e. The first kappa shape index (κ1) is 6.42. The number of hydrogen-bond donors (Lipinski definition) is 0. The summed E-state index contributed by atoms with van der Waals surface area (Å²) in [6.07, 6.45) is -0.284. The molecule has 0 N–H and O–H groups in total. The lowest BCUT2D eigenvalue weighted by atomic mass is 10.4. The maximum absolute atomic E-state index is 5.13. The first-order chi connectivity index (χ1) is 4.20.